The molecule has 8 heteroatoms. The third-order valence-corrected chi connectivity index (χ3v) is 5.71. The molecule has 0 radical (unpaired) electrons. The molecule has 2 rings (SSSR count). The fourth-order valence-electron chi connectivity index (χ4n) is 2.54. The number of nitrogens with zero attached hydrogens (tertiary/aromatic N) is 3. The van der Waals surface area contributed by atoms with Crippen LogP contribution in [0.25, 0.3) is 0 Å². The predicted octanol–water partition coefficient (Wildman–Crippen LogP) is 2.45. The standard InChI is InChI=1S/C15H19FN4O2S/c1-19-6-4-15(10-17,5-7-19)23-9-14(18)12-8-11(20(21)22)2-3-13(12)16/h2-3,8,14H,4-7,9,18H2,1H3. The van der Waals surface area contributed by atoms with Gasteiger partial charge in [-0.1, -0.05) is 0 Å². The number of hydrogen-bond donors (Lipinski definition) is 1. The minimum Gasteiger partial charge on any atom is -0.323 e. The number of benzene rings is 1. The summed E-state index contributed by atoms with van der Waals surface area (Å²) in [6.07, 6.45) is 1.46. The number of rotatable bonds is 5. The van der Waals surface area contributed by atoms with Gasteiger partial charge < -0.3 is 10.6 Å². The Bertz CT molecular complexity index is 626. The molecule has 23 heavy (non-hydrogen) atoms. The monoisotopic (exact) mass is 338 g/mol. The molecule has 2 N–H and O–H groups in total. The van der Waals surface area contributed by atoms with E-state index in [1.165, 1.54) is 17.8 Å². The zero-order chi connectivity index (χ0) is 17.0. The van der Waals surface area contributed by atoms with E-state index in [1.54, 1.807) is 0 Å². The second kappa shape index (κ2) is 7.25. The minimum absolute atomic E-state index is 0.118. The molecule has 0 bridgehead atoms. The fraction of sp³-hybridized carbons (Fsp3) is 0.533. The lowest BCUT2D eigenvalue weighted by Crippen LogP contribution is -2.40. The van der Waals surface area contributed by atoms with Crippen molar-refractivity contribution in [3.8, 4) is 6.07 Å². The van der Waals surface area contributed by atoms with E-state index in [4.69, 9.17) is 5.73 Å². The third kappa shape index (κ3) is 4.19. The zero-order valence-corrected chi connectivity index (χ0v) is 13.7. The second-order valence-corrected chi connectivity index (χ2v) is 7.19. The van der Waals surface area contributed by atoms with Gasteiger partial charge in [-0.3, -0.25) is 10.1 Å². The van der Waals surface area contributed by atoms with E-state index in [-0.39, 0.29) is 11.3 Å². The number of nitro groups is 1. The van der Waals surface area contributed by atoms with E-state index in [1.807, 2.05) is 7.05 Å². The fourth-order valence-corrected chi connectivity index (χ4v) is 3.75. The largest absolute Gasteiger partial charge is 0.323 e. The molecule has 1 saturated heterocycles. The molecule has 1 unspecified atom stereocenters. The lowest BCUT2D eigenvalue weighted by atomic mass is 9.98. The molecule has 1 aliphatic rings. The molecule has 124 valence electrons. The third-order valence-electron chi connectivity index (χ3n) is 4.13. The van der Waals surface area contributed by atoms with Crippen LogP contribution in [0.1, 0.15) is 24.4 Å². The van der Waals surface area contributed by atoms with Gasteiger partial charge in [-0.25, -0.2) is 4.39 Å². The van der Waals surface area contributed by atoms with E-state index >= 15 is 0 Å². The first kappa shape index (κ1) is 17.7. The number of hydrogen-bond acceptors (Lipinski definition) is 6. The van der Waals surface area contributed by atoms with Crippen molar-refractivity contribution in [2.24, 2.45) is 5.73 Å². The Hall–Kier alpha value is -1.69. The number of nitriles is 1. The molecular formula is C15H19FN4O2S. The molecule has 1 heterocycles. The summed E-state index contributed by atoms with van der Waals surface area (Å²) in [5, 5.41) is 20.3. The van der Waals surface area contributed by atoms with Crippen LogP contribution in [0.5, 0.6) is 0 Å². The van der Waals surface area contributed by atoms with Gasteiger partial charge in [0, 0.05) is 42.6 Å². The lowest BCUT2D eigenvalue weighted by Gasteiger charge is -2.35. The molecule has 0 saturated carbocycles. The van der Waals surface area contributed by atoms with Crippen LogP contribution < -0.4 is 5.73 Å². The maximum atomic E-state index is 13.9. The minimum atomic E-state index is -0.690. The topological polar surface area (TPSA) is 96.2 Å². The maximum absolute atomic E-state index is 13.9. The predicted molar refractivity (Wildman–Crippen MR) is 87.5 cm³/mol. The van der Waals surface area contributed by atoms with Gasteiger partial charge in [0.1, 0.15) is 10.6 Å². The Morgan fingerprint density at radius 3 is 2.78 bits per heavy atom. The highest BCUT2D eigenvalue weighted by molar-refractivity contribution is 8.00. The van der Waals surface area contributed by atoms with Gasteiger partial charge in [0.05, 0.1) is 11.0 Å². The summed E-state index contributed by atoms with van der Waals surface area (Å²) in [4.78, 5) is 12.4. The molecule has 1 aliphatic heterocycles. The van der Waals surface area contributed by atoms with Crippen LogP contribution in [0, 0.1) is 27.3 Å². The van der Waals surface area contributed by atoms with Crippen LogP contribution in [-0.4, -0.2) is 40.5 Å². The summed E-state index contributed by atoms with van der Waals surface area (Å²) < 4.78 is 13.4. The average Bonchev–Trinajstić information content (AvgIpc) is 2.54. The van der Waals surface area contributed by atoms with Gasteiger partial charge >= 0.3 is 0 Å². The van der Waals surface area contributed by atoms with Gasteiger partial charge in [-0.2, -0.15) is 5.26 Å². The SMILES string of the molecule is CN1CCC(C#N)(SCC(N)c2cc([N+](=O)[O-])ccc2F)CC1. The lowest BCUT2D eigenvalue weighted by molar-refractivity contribution is -0.385. The van der Waals surface area contributed by atoms with E-state index in [2.05, 4.69) is 11.0 Å². The van der Waals surface area contributed by atoms with Crippen molar-refractivity contribution in [2.75, 3.05) is 25.9 Å². The number of nitrogens with two attached hydrogens (primary N) is 1. The van der Waals surface area contributed by atoms with Crippen LogP contribution in [0.4, 0.5) is 10.1 Å². The first-order valence-corrected chi connectivity index (χ1v) is 8.28. The molecule has 0 aromatic heterocycles. The van der Waals surface area contributed by atoms with Crippen molar-refractivity contribution in [1.82, 2.24) is 4.90 Å². The number of likely N-dealkylation sites (tertiary alicyclic amines) is 1. The molecule has 6 nitrogen and oxygen atoms in total. The van der Waals surface area contributed by atoms with Crippen LogP contribution in [-0.2, 0) is 0 Å². The highest BCUT2D eigenvalue weighted by Gasteiger charge is 2.35. The molecule has 1 aromatic rings. The number of non-ortho nitro benzene ring substituents is 1. The van der Waals surface area contributed by atoms with Crippen LogP contribution in [0.2, 0.25) is 0 Å². The van der Waals surface area contributed by atoms with Crippen molar-refractivity contribution in [1.29, 1.82) is 5.26 Å². The van der Waals surface area contributed by atoms with Crippen molar-refractivity contribution in [3.63, 3.8) is 0 Å². The molecule has 1 atom stereocenters. The molecular weight excluding hydrogens is 319 g/mol. The Morgan fingerprint density at radius 1 is 1.57 bits per heavy atom. The molecule has 1 aromatic carbocycles. The van der Waals surface area contributed by atoms with Crippen LogP contribution >= 0.6 is 11.8 Å². The summed E-state index contributed by atoms with van der Waals surface area (Å²) in [6, 6.07) is 5.03. The molecule has 1 fully saturated rings. The van der Waals surface area contributed by atoms with Gasteiger partial charge in [-0.05, 0) is 26.0 Å². The van der Waals surface area contributed by atoms with E-state index in [9.17, 15) is 19.8 Å². The summed E-state index contributed by atoms with van der Waals surface area (Å²) in [7, 11) is 2.01. The molecule has 0 aliphatic carbocycles. The summed E-state index contributed by atoms with van der Waals surface area (Å²) in [6.45, 7) is 1.67. The van der Waals surface area contributed by atoms with Crippen LogP contribution in [0.15, 0.2) is 18.2 Å². The first-order chi connectivity index (χ1) is 10.9. The highest BCUT2D eigenvalue weighted by atomic mass is 32.2. The van der Waals surface area contributed by atoms with E-state index in [0.29, 0.717) is 5.75 Å². The first-order valence-electron chi connectivity index (χ1n) is 7.30. The van der Waals surface area contributed by atoms with Crippen molar-refractivity contribution < 1.29 is 9.31 Å². The van der Waals surface area contributed by atoms with Crippen molar-refractivity contribution >= 4 is 17.4 Å². The molecule has 0 spiro atoms. The number of thioether (sulfide) groups is 1. The average molecular weight is 338 g/mol. The Labute approximate surface area is 138 Å². The second-order valence-electron chi connectivity index (χ2n) is 5.79. The molecule has 0 amide bonds. The number of nitro benzene ring substituents is 1. The summed E-state index contributed by atoms with van der Waals surface area (Å²) in [5.41, 5.74) is 5.95. The van der Waals surface area contributed by atoms with E-state index in [0.717, 1.165) is 38.1 Å². The Balaban J connectivity index is 2.07. The number of halogens is 1. The summed E-state index contributed by atoms with van der Waals surface area (Å²) >= 11 is 1.42. The van der Waals surface area contributed by atoms with E-state index < -0.39 is 21.5 Å². The van der Waals surface area contributed by atoms with Gasteiger partial charge in [0.15, 0.2) is 0 Å². The quantitative estimate of drug-likeness (QED) is 0.654. The Morgan fingerprint density at radius 2 is 2.22 bits per heavy atom. The van der Waals surface area contributed by atoms with Crippen LogP contribution in [0.3, 0.4) is 0 Å². The summed E-state index contributed by atoms with van der Waals surface area (Å²) in [5.74, 6) is -0.215. The van der Waals surface area contributed by atoms with Crippen molar-refractivity contribution in [3.05, 3.63) is 39.7 Å². The van der Waals surface area contributed by atoms with Gasteiger partial charge in [-0.15, -0.1) is 11.8 Å². The maximum Gasteiger partial charge on any atom is 0.269 e. The Kier molecular flexibility index (Phi) is 5.57. The van der Waals surface area contributed by atoms with Gasteiger partial charge in [0.2, 0.25) is 0 Å². The normalized spacial score (nSPS) is 19.0. The highest BCUT2D eigenvalue weighted by Crippen LogP contribution is 2.37. The van der Waals surface area contributed by atoms with Gasteiger partial charge in [0.25, 0.3) is 5.69 Å². The number of piperidine rings is 1. The van der Waals surface area contributed by atoms with Crippen molar-refractivity contribution in [2.45, 2.75) is 23.6 Å². The zero-order valence-electron chi connectivity index (χ0n) is 12.9. The smallest absolute Gasteiger partial charge is 0.269 e.